The highest BCUT2D eigenvalue weighted by Gasteiger charge is 2.09. The van der Waals surface area contributed by atoms with Crippen LogP contribution in [0.3, 0.4) is 0 Å². The number of nitrogens with zero attached hydrogens (tertiary/aromatic N) is 1. The lowest BCUT2D eigenvalue weighted by Crippen LogP contribution is -1.97. The predicted molar refractivity (Wildman–Crippen MR) is 57.0 cm³/mol. The van der Waals surface area contributed by atoms with E-state index in [-0.39, 0.29) is 5.78 Å². The molecule has 1 heterocycles. The molecule has 2 rings (SSSR count). The standard InChI is InChI=1S/C10H6ClNOS/c11-8-3-1-7(2-4-8)10(13)9-5-12-6-14-9/h1-6H. The van der Waals surface area contributed by atoms with Crippen LogP contribution in [0.5, 0.6) is 0 Å². The van der Waals surface area contributed by atoms with Gasteiger partial charge in [0.2, 0.25) is 5.78 Å². The van der Waals surface area contributed by atoms with Gasteiger partial charge in [-0.3, -0.25) is 9.78 Å². The van der Waals surface area contributed by atoms with Gasteiger partial charge in [0.05, 0.1) is 10.4 Å². The van der Waals surface area contributed by atoms with Crippen LogP contribution in [-0.4, -0.2) is 10.8 Å². The van der Waals surface area contributed by atoms with Crippen LogP contribution >= 0.6 is 22.9 Å². The molecule has 0 aliphatic rings. The quantitative estimate of drug-likeness (QED) is 0.733. The number of hydrogen-bond donors (Lipinski definition) is 0. The molecule has 0 spiro atoms. The van der Waals surface area contributed by atoms with Gasteiger partial charge in [-0.1, -0.05) is 11.6 Å². The van der Waals surface area contributed by atoms with Crippen molar-refractivity contribution in [1.82, 2.24) is 4.98 Å². The molecule has 0 saturated carbocycles. The third-order valence-corrected chi connectivity index (χ3v) is 2.79. The first-order valence-electron chi connectivity index (χ1n) is 3.96. The molecule has 1 aromatic carbocycles. The van der Waals surface area contributed by atoms with Crippen molar-refractivity contribution in [2.75, 3.05) is 0 Å². The van der Waals surface area contributed by atoms with E-state index in [0.29, 0.717) is 15.5 Å². The number of benzene rings is 1. The molecule has 2 aromatic rings. The van der Waals surface area contributed by atoms with Crippen LogP contribution in [0.2, 0.25) is 5.02 Å². The van der Waals surface area contributed by atoms with Gasteiger partial charge in [0.1, 0.15) is 0 Å². The molecule has 2 nitrogen and oxygen atoms in total. The van der Waals surface area contributed by atoms with Crippen molar-refractivity contribution in [2.24, 2.45) is 0 Å². The average Bonchev–Trinajstić information content (AvgIpc) is 2.71. The van der Waals surface area contributed by atoms with Gasteiger partial charge in [-0.05, 0) is 24.3 Å². The molecule has 0 aliphatic heterocycles. The fourth-order valence-corrected chi connectivity index (χ4v) is 1.78. The first-order chi connectivity index (χ1) is 6.77. The lowest BCUT2D eigenvalue weighted by Gasteiger charge is -1.96. The highest BCUT2D eigenvalue weighted by atomic mass is 35.5. The molecule has 70 valence electrons. The van der Waals surface area contributed by atoms with Crippen LogP contribution in [0.1, 0.15) is 15.2 Å². The maximum Gasteiger partial charge on any atom is 0.204 e. The van der Waals surface area contributed by atoms with Crippen LogP contribution in [0, 0.1) is 0 Å². The summed E-state index contributed by atoms with van der Waals surface area (Å²) in [5.41, 5.74) is 2.28. The SMILES string of the molecule is O=C(c1ccc(Cl)cc1)c1cncs1. The number of carbonyl (C=O) groups excluding carboxylic acids is 1. The monoisotopic (exact) mass is 223 g/mol. The third-order valence-electron chi connectivity index (χ3n) is 1.76. The molecule has 0 bridgehead atoms. The van der Waals surface area contributed by atoms with E-state index in [9.17, 15) is 4.79 Å². The van der Waals surface area contributed by atoms with E-state index < -0.39 is 0 Å². The zero-order chi connectivity index (χ0) is 9.97. The first-order valence-corrected chi connectivity index (χ1v) is 5.22. The van der Waals surface area contributed by atoms with Gasteiger partial charge >= 0.3 is 0 Å². The Kier molecular flexibility index (Phi) is 2.61. The summed E-state index contributed by atoms with van der Waals surface area (Å²) in [7, 11) is 0. The lowest BCUT2D eigenvalue weighted by atomic mass is 10.1. The van der Waals surface area contributed by atoms with Crippen LogP contribution < -0.4 is 0 Å². The average molecular weight is 224 g/mol. The summed E-state index contributed by atoms with van der Waals surface area (Å²) in [6, 6.07) is 6.83. The van der Waals surface area contributed by atoms with Gasteiger partial charge in [-0.15, -0.1) is 11.3 Å². The molecule has 0 amide bonds. The second-order valence-electron chi connectivity index (χ2n) is 2.70. The summed E-state index contributed by atoms with van der Waals surface area (Å²) >= 11 is 7.06. The molecule has 4 heteroatoms. The Hall–Kier alpha value is -1.19. The van der Waals surface area contributed by atoms with Crippen molar-refractivity contribution < 1.29 is 4.79 Å². The van der Waals surface area contributed by atoms with Crippen molar-refractivity contribution in [3.05, 3.63) is 51.4 Å². The van der Waals surface area contributed by atoms with Crippen LogP contribution in [-0.2, 0) is 0 Å². The maximum atomic E-state index is 11.7. The minimum Gasteiger partial charge on any atom is -0.288 e. The van der Waals surface area contributed by atoms with Gasteiger partial charge in [-0.25, -0.2) is 0 Å². The second-order valence-corrected chi connectivity index (χ2v) is 4.02. The smallest absolute Gasteiger partial charge is 0.204 e. The van der Waals surface area contributed by atoms with Gasteiger partial charge in [-0.2, -0.15) is 0 Å². The van der Waals surface area contributed by atoms with Crippen molar-refractivity contribution in [3.8, 4) is 0 Å². The molecule has 0 atom stereocenters. The fourth-order valence-electron chi connectivity index (χ4n) is 1.07. The molecule has 0 saturated heterocycles. The predicted octanol–water partition coefficient (Wildman–Crippen LogP) is 3.03. The summed E-state index contributed by atoms with van der Waals surface area (Å²) in [6.07, 6.45) is 1.57. The van der Waals surface area contributed by atoms with Gasteiger partial charge < -0.3 is 0 Å². The lowest BCUT2D eigenvalue weighted by molar-refractivity contribution is 0.104. The number of ketones is 1. The van der Waals surface area contributed by atoms with E-state index in [4.69, 9.17) is 11.6 Å². The molecular weight excluding hydrogens is 218 g/mol. The van der Waals surface area contributed by atoms with E-state index in [0.717, 1.165) is 0 Å². The second kappa shape index (κ2) is 3.90. The van der Waals surface area contributed by atoms with Crippen LogP contribution in [0.4, 0.5) is 0 Å². The highest BCUT2D eigenvalue weighted by molar-refractivity contribution is 7.11. The van der Waals surface area contributed by atoms with Crippen molar-refractivity contribution in [1.29, 1.82) is 0 Å². The van der Waals surface area contributed by atoms with E-state index in [1.54, 1.807) is 36.0 Å². The number of rotatable bonds is 2. The zero-order valence-electron chi connectivity index (χ0n) is 7.11. The largest absolute Gasteiger partial charge is 0.288 e. The zero-order valence-corrected chi connectivity index (χ0v) is 8.68. The van der Waals surface area contributed by atoms with Gasteiger partial charge in [0.25, 0.3) is 0 Å². The number of carbonyl (C=O) groups is 1. The molecule has 0 unspecified atom stereocenters. The Bertz CT molecular complexity index is 436. The van der Waals surface area contributed by atoms with Gasteiger partial charge in [0.15, 0.2) is 0 Å². The minimum atomic E-state index is -0.0100. The summed E-state index contributed by atoms with van der Waals surface area (Å²) in [4.78, 5) is 16.2. The molecule has 0 radical (unpaired) electrons. The highest BCUT2D eigenvalue weighted by Crippen LogP contribution is 2.15. The van der Waals surface area contributed by atoms with Crippen molar-refractivity contribution in [3.63, 3.8) is 0 Å². The fraction of sp³-hybridized carbons (Fsp3) is 0. The van der Waals surface area contributed by atoms with E-state index in [2.05, 4.69) is 4.98 Å². The Morgan fingerprint density at radius 2 is 2.00 bits per heavy atom. The number of aromatic nitrogens is 1. The number of halogens is 1. The summed E-state index contributed by atoms with van der Waals surface area (Å²) in [6.45, 7) is 0. The number of hydrogen-bond acceptors (Lipinski definition) is 3. The molecule has 0 N–H and O–H groups in total. The Labute approximate surface area is 90.2 Å². The Morgan fingerprint density at radius 3 is 2.57 bits per heavy atom. The normalized spacial score (nSPS) is 10.1. The van der Waals surface area contributed by atoms with Crippen molar-refractivity contribution >= 4 is 28.7 Å². The van der Waals surface area contributed by atoms with E-state index >= 15 is 0 Å². The summed E-state index contributed by atoms with van der Waals surface area (Å²) in [5.74, 6) is -0.0100. The minimum absolute atomic E-state index is 0.0100. The van der Waals surface area contributed by atoms with E-state index in [1.165, 1.54) is 11.3 Å². The topological polar surface area (TPSA) is 30.0 Å². The van der Waals surface area contributed by atoms with E-state index in [1.807, 2.05) is 0 Å². The van der Waals surface area contributed by atoms with Crippen molar-refractivity contribution in [2.45, 2.75) is 0 Å². The van der Waals surface area contributed by atoms with Crippen LogP contribution in [0.15, 0.2) is 36.0 Å². The maximum absolute atomic E-state index is 11.7. The Balaban J connectivity index is 2.33. The summed E-state index contributed by atoms with van der Waals surface area (Å²) in [5, 5.41) is 0.630. The molecule has 14 heavy (non-hydrogen) atoms. The first kappa shape index (κ1) is 9.37. The molecule has 0 aliphatic carbocycles. The van der Waals surface area contributed by atoms with Gasteiger partial charge in [0, 0.05) is 16.8 Å². The van der Waals surface area contributed by atoms with Crippen LogP contribution in [0.25, 0.3) is 0 Å². The molecule has 0 fully saturated rings. The molecular formula is C10H6ClNOS. The summed E-state index contributed by atoms with van der Waals surface area (Å²) < 4.78 is 0. The third kappa shape index (κ3) is 1.84. The number of thiazole rings is 1. The Morgan fingerprint density at radius 1 is 1.29 bits per heavy atom. The molecule has 1 aromatic heterocycles.